The molecule has 0 amide bonds. The molecule has 1 fully saturated rings. The zero-order valence-corrected chi connectivity index (χ0v) is 16.0. The molecule has 0 aromatic heterocycles. The van der Waals surface area contributed by atoms with Gasteiger partial charge in [-0.1, -0.05) is 18.2 Å². The summed E-state index contributed by atoms with van der Waals surface area (Å²) in [6.07, 6.45) is 3.80. The van der Waals surface area contributed by atoms with Crippen molar-refractivity contribution in [3.8, 4) is 0 Å². The van der Waals surface area contributed by atoms with Crippen LogP contribution in [0, 0.1) is 5.92 Å². The monoisotopic (exact) mass is 416 g/mol. The van der Waals surface area contributed by atoms with Crippen molar-refractivity contribution in [2.75, 3.05) is 38.1 Å². The van der Waals surface area contributed by atoms with E-state index in [1.807, 2.05) is 0 Å². The van der Waals surface area contributed by atoms with E-state index in [2.05, 4.69) is 64.8 Å². The molecular formula is C17H29IN4. The molecular weight excluding hydrogens is 387 g/mol. The first-order chi connectivity index (χ1) is 10.3. The molecule has 0 saturated heterocycles. The van der Waals surface area contributed by atoms with Gasteiger partial charge in [-0.25, -0.2) is 0 Å². The van der Waals surface area contributed by atoms with E-state index in [1.54, 1.807) is 0 Å². The van der Waals surface area contributed by atoms with Gasteiger partial charge in [0.2, 0.25) is 0 Å². The Morgan fingerprint density at radius 2 is 1.95 bits per heavy atom. The highest BCUT2D eigenvalue weighted by Crippen LogP contribution is 2.28. The number of halogens is 1. The van der Waals surface area contributed by atoms with E-state index in [0.29, 0.717) is 0 Å². The van der Waals surface area contributed by atoms with Crippen molar-refractivity contribution in [3.05, 3.63) is 30.3 Å². The van der Waals surface area contributed by atoms with Gasteiger partial charge in [0, 0.05) is 38.9 Å². The number of anilines is 1. The number of guanidine groups is 1. The molecule has 0 unspecified atom stereocenters. The van der Waals surface area contributed by atoms with Gasteiger partial charge >= 0.3 is 0 Å². The first kappa shape index (κ1) is 19.1. The Balaban J connectivity index is 0.00000242. The lowest BCUT2D eigenvalue weighted by Crippen LogP contribution is -2.38. The third-order valence-electron chi connectivity index (χ3n) is 3.71. The molecule has 0 spiro atoms. The van der Waals surface area contributed by atoms with Gasteiger partial charge in [0.05, 0.1) is 0 Å². The molecule has 0 aliphatic heterocycles. The Kier molecular flexibility index (Phi) is 9.27. The molecule has 0 radical (unpaired) electrons. The maximum atomic E-state index is 4.63. The minimum Gasteiger partial charge on any atom is -0.375 e. The van der Waals surface area contributed by atoms with Crippen LogP contribution in [-0.2, 0) is 0 Å². The minimum atomic E-state index is 0. The van der Waals surface area contributed by atoms with Crippen molar-refractivity contribution in [2.45, 2.75) is 26.2 Å². The van der Waals surface area contributed by atoms with Crippen molar-refractivity contribution >= 4 is 35.6 Å². The normalized spacial score (nSPS) is 14.2. The molecule has 1 aliphatic carbocycles. The molecule has 4 nitrogen and oxygen atoms in total. The van der Waals surface area contributed by atoms with Gasteiger partial charge in [-0.3, -0.25) is 4.99 Å². The van der Waals surface area contributed by atoms with Crippen LogP contribution in [0.25, 0.3) is 0 Å². The molecule has 1 aliphatic rings. The Hall–Kier alpha value is -0.980. The van der Waals surface area contributed by atoms with Crippen molar-refractivity contribution in [1.29, 1.82) is 0 Å². The Labute approximate surface area is 151 Å². The number of nitrogens with zero attached hydrogens (tertiary/aromatic N) is 2. The first-order valence-corrected chi connectivity index (χ1v) is 8.08. The zero-order valence-electron chi connectivity index (χ0n) is 13.7. The molecule has 124 valence electrons. The molecule has 0 heterocycles. The van der Waals surface area contributed by atoms with Crippen LogP contribution in [0.5, 0.6) is 0 Å². The highest BCUT2D eigenvalue weighted by molar-refractivity contribution is 14.0. The number of benzene rings is 1. The maximum absolute atomic E-state index is 4.63. The topological polar surface area (TPSA) is 39.7 Å². The number of para-hydroxylation sites is 1. The van der Waals surface area contributed by atoms with Gasteiger partial charge in [-0.2, -0.15) is 0 Å². The average Bonchev–Trinajstić information content (AvgIpc) is 3.34. The van der Waals surface area contributed by atoms with Crippen molar-refractivity contribution < 1.29 is 0 Å². The van der Waals surface area contributed by atoms with Crippen molar-refractivity contribution in [1.82, 2.24) is 10.6 Å². The van der Waals surface area contributed by atoms with Crippen LogP contribution in [-0.4, -0.2) is 39.2 Å². The summed E-state index contributed by atoms with van der Waals surface area (Å²) in [5.41, 5.74) is 1.27. The van der Waals surface area contributed by atoms with Gasteiger partial charge in [0.1, 0.15) is 0 Å². The number of hydrogen-bond acceptors (Lipinski definition) is 2. The summed E-state index contributed by atoms with van der Waals surface area (Å²) >= 11 is 0. The predicted octanol–water partition coefficient (Wildman–Crippen LogP) is 3.10. The molecule has 1 aromatic rings. The lowest BCUT2D eigenvalue weighted by atomic mass is 10.3. The second-order valence-electron chi connectivity index (χ2n) is 5.70. The van der Waals surface area contributed by atoms with Gasteiger partial charge in [-0.05, 0) is 44.2 Å². The van der Waals surface area contributed by atoms with Crippen LogP contribution >= 0.6 is 24.0 Å². The fourth-order valence-electron chi connectivity index (χ4n) is 2.20. The van der Waals surface area contributed by atoms with E-state index in [4.69, 9.17) is 0 Å². The second kappa shape index (κ2) is 10.7. The zero-order chi connectivity index (χ0) is 14.9. The van der Waals surface area contributed by atoms with E-state index < -0.39 is 0 Å². The van der Waals surface area contributed by atoms with E-state index in [0.717, 1.165) is 44.5 Å². The summed E-state index contributed by atoms with van der Waals surface area (Å²) in [5.74, 6) is 1.80. The Bertz CT molecular complexity index is 432. The van der Waals surface area contributed by atoms with Crippen LogP contribution in [0.1, 0.15) is 26.2 Å². The molecule has 2 rings (SSSR count). The predicted molar refractivity (Wildman–Crippen MR) is 106 cm³/mol. The summed E-state index contributed by atoms with van der Waals surface area (Å²) in [7, 11) is 2.14. The fourth-order valence-corrected chi connectivity index (χ4v) is 2.20. The van der Waals surface area contributed by atoms with Crippen molar-refractivity contribution in [3.63, 3.8) is 0 Å². The molecule has 22 heavy (non-hydrogen) atoms. The minimum absolute atomic E-state index is 0. The lowest BCUT2D eigenvalue weighted by molar-refractivity contribution is 0.725. The number of hydrogen-bond donors (Lipinski definition) is 2. The van der Waals surface area contributed by atoms with Gasteiger partial charge in [0.25, 0.3) is 0 Å². The Morgan fingerprint density at radius 3 is 2.59 bits per heavy atom. The quantitative estimate of drug-likeness (QED) is 0.296. The third-order valence-corrected chi connectivity index (χ3v) is 3.71. The van der Waals surface area contributed by atoms with Crippen LogP contribution in [0.4, 0.5) is 5.69 Å². The summed E-state index contributed by atoms with van der Waals surface area (Å²) in [6.45, 7) is 5.99. The number of rotatable bonds is 8. The molecule has 5 heteroatoms. The molecule has 0 atom stereocenters. The van der Waals surface area contributed by atoms with E-state index in [-0.39, 0.29) is 24.0 Å². The maximum Gasteiger partial charge on any atom is 0.191 e. The van der Waals surface area contributed by atoms with E-state index in [9.17, 15) is 0 Å². The molecule has 2 N–H and O–H groups in total. The highest BCUT2D eigenvalue weighted by atomic mass is 127. The Morgan fingerprint density at radius 1 is 1.23 bits per heavy atom. The smallest absolute Gasteiger partial charge is 0.191 e. The lowest BCUT2D eigenvalue weighted by Gasteiger charge is -2.19. The van der Waals surface area contributed by atoms with Gasteiger partial charge in [0.15, 0.2) is 5.96 Å². The number of aliphatic imine (C=N–C) groups is 1. The third kappa shape index (κ3) is 7.33. The van der Waals surface area contributed by atoms with E-state index in [1.165, 1.54) is 18.5 Å². The van der Waals surface area contributed by atoms with Crippen molar-refractivity contribution in [2.24, 2.45) is 10.9 Å². The largest absolute Gasteiger partial charge is 0.375 e. The summed E-state index contributed by atoms with van der Waals surface area (Å²) in [4.78, 5) is 6.92. The van der Waals surface area contributed by atoms with E-state index >= 15 is 0 Å². The van der Waals surface area contributed by atoms with Crippen LogP contribution in [0.15, 0.2) is 35.3 Å². The summed E-state index contributed by atoms with van der Waals surface area (Å²) in [6, 6.07) is 10.5. The standard InChI is InChI=1S/C17H28N4.HI/c1-3-18-17(20-14-15-10-11-15)19-12-7-13-21(2)16-8-5-4-6-9-16;/h4-6,8-9,15H,3,7,10-14H2,1-2H3,(H2,18,19,20);1H. The highest BCUT2D eigenvalue weighted by Gasteiger charge is 2.20. The van der Waals surface area contributed by atoms with Gasteiger partial charge in [-0.15, -0.1) is 24.0 Å². The second-order valence-corrected chi connectivity index (χ2v) is 5.70. The SMILES string of the molecule is CCNC(=NCC1CC1)NCCCN(C)c1ccccc1.I. The van der Waals surface area contributed by atoms with Gasteiger partial charge < -0.3 is 15.5 Å². The molecule has 1 aromatic carbocycles. The van der Waals surface area contributed by atoms with Crippen LogP contribution < -0.4 is 15.5 Å². The van der Waals surface area contributed by atoms with Crippen LogP contribution in [0.2, 0.25) is 0 Å². The average molecular weight is 416 g/mol. The summed E-state index contributed by atoms with van der Waals surface area (Å²) < 4.78 is 0. The molecule has 0 bridgehead atoms. The number of nitrogens with one attached hydrogen (secondary N) is 2. The fraction of sp³-hybridized carbons (Fsp3) is 0.588. The summed E-state index contributed by atoms with van der Waals surface area (Å²) in [5, 5.41) is 6.73. The first-order valence-electron chi connectivity index (χ1n) is 8.08. The van der Waals surface area contributed by atoms with Crippen LogP contribution in [0.3, 0.4) is 0 Å². The molecule has 1 saturated carbocycles.